The third-order valence-electron chi connectivity index (χ3n) is 4.32. The van der Waals surface area contributed by atoms with Crippen LogP contribution in [-0.2, 0) is 10.2 Å². The number of hydrogen-bond donors (Lipinski definition) is 1. The number of halogens is 1. The van der Waals surface area contributed by atoms with E-state index in [-0.39, 0.29) is 6.04 Å². The molecule has 0 aromatic carbocycles. The van der Waals surface area contributed by atoms with Gasteiger partial charge in [-0.1, -0.05) is 28.8 Å². The number of nitrogens with one attached hydrogen (secondary N) is 1. The van der Waals surface area contributed by atoms with Crippen LogP contribution in [0, 0.1) is 5.92 Å². The molecule has 6 heteroatoms. The van der Waals surface area contributed by atoms with Crippen LogP contribution < -0.4 is 4.72 Å². The molecule has 19 heavy (non-hydrogen) atoms. The normalized spacial score (nSPS) is 34.3. The summed E-state index contributed by atoms with van der Waals surface area (Å²) < 4.78 is 29.1. The monoisotopic (exact) mass is 352 g/mol. The molecule has 1 heterocycles. The molecule has 0 spiro atoms. The Morgan fingerprint density at radius 1 is 1.21 bits per heavy atom. The highest BCUT2D eigenvalue weighted by molar-refractivity contribution is 9.09. The van der Waals surface area contributed by atoms with E-state index in [1.54, 1.807) is 4.31 Å². The maximum Gasteiger partial charge on any atom is 0.279 e. The van der Waals surface area contributed by atoms with E-state index in [0.29, 0.717) is 23.8 Å². The Morgan fingerprint density at radius 3 is 2.68 bits per heavy atom. The lowest BCUT2D eigenvalue weighted by Gasteiger charge is -2.33. The highest BCUT2D eigenvalue weighted by atomic mass is 79.9. The molecule has 1 saturated carbocycles. The van der Waals surface area contributed by atoms with Crippen LogP contribution in [-0.4, -0.2) is 36.7 Å². The predicted molar refractivity (Wildman–Crippen MR) is 81.6 cm³/mol. The molecule has 4 nitrogen and oxygen atoms in total. The molecule has 0 radical (unpaired) electrons. The first-order valence-electron chi connectivity index (χ1n) is 7.39. The summed E-state index contributed by atoms with van der Waals surface area (Å²) in [5.74, 6) is 0.480. The minimum atomic E-state index is -3.28. The van der Waals surface area contributed by atoms with Gasteiger partial charge in [0.15, 0.2) is 0 Å². The Kier molecular flexibility index (Phi) is 5.69. The first-order chi connectivity index (χ1) is 8.99. The van der Waals surface area contributed by atoms with E-state index >= 15 is 0 Å². The minimum absolute atomic E-state index is 0.140. The van der Waals surface area contributed by atoms with Crippen LogP contribution in [0.3, 0.4) is 0 Å². The standard InChI is InChI=1S/C13H25BrN2O2S/c1-11-5-2-3-8-16(11)19(17,18)15-10-12-6-4-7-13(14)9-12/h11-13,15H,2-10H2,1H3. The van der Waals surface area contributed by atoms with Crippen molar-refractivity contribution in [3.63, 3.8) is 0 Å². The van der Waals surface area contributed by atoms with Crippen molar-refractivity contribution in [3.8, 4) is 0 Å². The van der Waals surface area contributed by atoms with Gasteiger partial charge in [0.2, 0.25) is 0 Å². The first-order valence-corrected chi connectivity index (χ1v) is 9.75. The van der Waals surface area contributed by atoms with Crippen LogP contribution in [0.2, 0.25) is 0 Å². The van der Waals surface area contributed by atoms with Crippen molar-refractivity contribution in [1.82, 2.24) is 9.03 Å². The summed E-state index contributed by atoms with van der Waals surface area (Å²) in [5.41, 5.74) is 0. The van der Waals surface area contributed by atoms with Gasteiger partial charge >= 0.3 is 0 Å². The fraction of sp³-hybridized carbons (Fsp3) is 1.00. The van der Waals surface area contributed by atoms with Crippen molar-refractivity contribution in [1.29, 1.82) is 0 Å². The molecule has 2 fully saturated rings. The molecule has 1 N–H and O–H groups in total. The van der Waals surface area contributed by atoms with Crippen LogP contribution in [0.1, 0.15) is 51.9 Å². The lowest BCUT2D eigenvalue weighted by atomic mass is 9.89. The van der Waals surface area contributed by atoms with E-state index in [4.69, 9.17) is 0 Å². The van der Waals surface area contributed by atoms with Crippen LogP contribution in [0.5, 0.6) is 0 Å². The minimum Gasteiger partial charge on any atom is -0.202 e. The van der Waals surface area contributed by atoms with Gasteiger partial charge in [0, 0.05) is 24.0 Å². The molecule has 2 aliphatic rings. The Morgan fingerprint density at radius 2 is 2.00 bits per heavy atom. The third kappa shape index (κ3) is 4.41. The summed E-state index contributed by atoms with van der Waals surface area (Å²) in [7, 11) is -3.28. The van der Waals surface area contributed by atoms with Crippen LogP contribution in [0.15, 0.2) is 0 Å². The molecule has 3 unspecified atom stereocenters. The zero-order valence-electron chi connectivity index (χ0n) is 11.6. The summed E-state index contributed by atoms with van der Waals surface area (Å²) in [6, 6.07) is 0.140. The van der Waals surface area contributed by atoms with E-state index < -0.39 is 10.2 Å². The highest BCUT2D eigenvalue weighted by Crippen LogP contribution is 2.28. The predicted octanol–water partition coefficient (Wildman–Crippen LogP) is 2.65. The number of nitrogens with zero attached hydrogens (tertiary/aromatic N) is 1. The number of alkyl halides is 1. The van der Waals surface area contributed by atoms with Gasteiger partial charge < -0.3 is 0 Å². The topological polar surface area (TPSA) is 49.4 Å². The van der Waals surface area contributed by atoms with Crippen molar-refractivity contribution in [3.05, 3.63) is 0 Å². The van der Waals surface area contributed by atoms with Gasteiger partial charge in [-0.05, 0) is 44.9 Å². The molecule has 0 aromatic rings. The average Bonchev–Trinajstić information content (AvgIpc) is 2.37. The maximum atomic E-state index is 12.3. The third-order valence-corrected chi connectivity index (χ3v) is 6.85. The van der Waals surface area contributed by atoms with Crippen molar-refractivity contribution < 1.29 is 8.42 Å². The Balaban J connectivity index is 1.86. The SMILES string of the molecule is CC1CCCCN1S(=O)(=O)NCC1CCCC(Br)C1. The smallest absolute Gasteiger partial charge is 0.202 e. The molecule has 1 saturated heterocycles. The van der Waals surface area contributed by atoms with Crippen LogP contribution >= 0.6 is 15.9 Å². The molecule has 0 amide bonds. The lowest BCUT2D eigenvalue weighted by Crippen LogP contribution is -2.49. The van der Waals surface area contributed by atoms with Crippen molar-refractivity contribution in [2.24, 2.45) is 5.92 Å². The van der Waals surface area contributed by atoms with Gasteiger partial charge in [0.05, 0.1) is 0 Å². The van der Waals surface area contributed by atoms with E-state index in [1.807, 2.05) is 6.92 Å². The first kappa shape index (κ1) is 15.7. The van der Waals surface area contributed by atoms with Crippen LogP contribution in [0.4, 0.5) is 0 Å². The highest BCUT2D eigenvalue weighted by Gasteiger charge is 2.30. The van der Waals surface area contributed by atoms with Gasteiger partial charge in [0.25, 0.3) is 10.2 Å². The van der Waals surface area contributed by atoms with E-state index in [9.17, 15) is 8.42 Å². The van der Waals surface area contributed by atoms with E-state index in [1.165, 1.54) is 12.8 Å². The second kappa shape index (κ2) is 6.87. The Bertz CT molecular complexity index is 388. The zero-order chi connectivity index (χ0) is 13.9. The zero-order valence-corrected chi connectivity index (χ0v) is 14.0. The number of hydrogen-bond acceptors (Lipinski definition) is 2. The van der Waals surface area contributed by atoms with Crippen molar-refractivity contribution in [2.45, 2.75) is 62.7 Å². The van der Waals surface area contributed by atoms with Gasteiger partial charge in [0.1, 0.15) is 0 Å². The summed E-state index contributed by atoms with van der Waals surface area (Å²) in [5, 5.41) is 0. The maximum absolute atomic E-state index is 12.3. The van der Waals surface area contributed by atoms with E-state index in [2.05, 4.69) is 20.7 Å². The summed E-state index contributed by atoms with van der Waals surface area (Å²) in [6.45, 7) is 3.27. The van der Waals surface area contributed by atoms with Crippen LogP contribution in [0.25, 0.3) is 0 Å². The van der Waals surface area contributed by atoms with Gasteiger partial charge in [-0.3, -0.25) is 0 Å². The molecule has 3 atom stereocenters. The fourth-order valence-corrected chi connectivity index (χ4v) is 5.56. The van der Waals surface area contributed by atoms with Crippen molar-refractivity contribution >= 4 is 26.1 Å². The summed E-state index contributed by atoms with van der Waals surface area (Å²) in [4.78, 5) is 0.560. The molecular weight excluding hydrogens is 328 g/mol. The second-order valence-electron chi connectivity index (χ2n) is 5.94. The summed E-state index contributed by atoms with van der Waals surface area (Å²) in [6.07, 6.45) is 7.74. The number of rotatable bonds is 4. The Labute approximate surface area is 125 Å². The quantitative estimate of drug-likeness (QED) is 0.790. The van der Waals surface area contributed by atoms with Crippen molar-refractivity contribution in [2.75, 3.05) is 13.1 Å². The van der Waals surface area contributed by atoms with E-state index in [0.717, 1.165) is 32.1 Å². The molecule has 112 valence electrons. The molecule has 1 aliphatic heterocycles. The Hall–Kier alpha value is 0.350. The van der Waals surface area contributed by atoms with Gasteiger partial charge in [-0.15, -0.1) is 0 Å². The average molecular weight is 353 g/mol. The van der Waals surface area contributed by atoms with Gasteiger partial charge in [-0.2, -0.15) is 12.7 Å². The molecular formula is C13H25BrN2O2S. The summed E-state index contributed by atoms with van der Waals surface area (Å²) >= 11 is 3.65. The molecule has 1 aliphatic carbocycles. The van der Waals surface area contributed by atoms with Gasteiger partial charge in [-0.25, -0.2) is 4.72 Å². The molecule has 2 rings (SSSR count). The molecule has 0 bridgehead atoms. The largest absolute Gasteiger partial charge is 0.279 e. The lowest BCUT2D eigenvalue weighted by molar-refractivity contribution is 0.263. The second-order valence-corrected chi connectivity index (χ2v) is 8.94. The molecule has 0 aromatic heterocycles. The fourth-order valence-electron chi connectivity index (χ4n) is 3.15. The number of piperidine rings is 1.